The number of rotatable bonds is 4. The van der Waals surface area contributed by atoms with E-state index in [4.69, 9.17) is 10.5 Å². The Hall–Kier alpha value is -2.26. The van der Waals surface area contributed by atoms with Gasteiger partial charge >= 0.3 is 11.9 Å². The van der Waals surface area contributed by atoms with Crippen LogP contribution >= 0.6 is 12.4 Å². The van der Waals surface area contributed by atoms with Crippen molar-refractivity contribution < 1.29 is 23.9 Å². The molecule has 0 aromatic carbocycles. The number of carbonyl (C=O) groups excluding carboxylic acids is 3. The summed E-state index contributed by atoms with van der Waals surface area (Å²) in [5.41, 5.74) is 4.45. The number of amides is 1. The molecule has 10 heteroatoms. The normalized spacial score (nSPS) is 18.8. The number of hydrogen-bond donors (Lipinski definition) is 2. The van der Waals surface area contributed by atoms with E-state index in [9.17, 15) is 14.4 Å². The van der Waals surface area contributed by atoms with Gasteiger partial charge in [0, 0.05) is 12.4 Å². The second kappa shape index (κ2) is 12.6. The van der Waals surface area contributed by atoms with E-state index in [1.54, 1.807) is 0 Å². The van der Waals surface area contributed by atoms with Crippen LogP contribution in [0.3, 0.4) is 0 Å². The van der Waals surface area contributed by atoms with Crippen LogP contribution in [0.5, 0.6) is 0 Å². The molecule has 1 amide bonds. The van der Waals surface area contributed by atoms with Crippen LogP contribution in [0.4, 0.5) is 0 Å². The number of ether oxygens (including phenoxy) is 2. The van der Waals surface area contributed by atoms with Gasteiger partial charge in [0.05, 0.1) is 20.4 Å². The minimum Gasteiger partial charge on any atom is -0.468 e. The molecular formula is C21H33ClN4O5. The van der Waals surface area contributed by atoms with Gasteiger partial charge in [-0.1, -0.05) is 38.5 Å². The molecule has 0 bridgehead atoms. The van der Waals surface area contributed by atoms with Crippen molar-refractivity contribution in [3.63, 3.8) is 0 Å². The zero-order chi connectivity index (χ0) is 22.0. The average molecular weight is 457 g/mol. The highest BCUT2D eigenvalue weighted by Crippen LogP contribution is 2.29. The van der Waals surface area contributed by atoms with E-state index in [0.717, 1.165) is 44.9 Å². The minimum atomic E-state index is -0.915. The third kappa shape index (κ3) is 7.14. The lowest BCUT2D eigenvalue weighted by atomic mass is 9.81. The average Bonchev–Trinajstić information content (AvgIpc) is 2.80. The Morgan fingerprint density at radius 1 is 0.903 bits per heavy atom. The monoisotopic (exact) mass is 456 g/mol. The molecule has 1 heterocycles. The van der Waals surface area contributed by atoms with E-state index < -0.39 is 11.1 Å². The summed E-state index contributed by atoms with van der Waals surface area (Å²) in [5.74, 6) is -1.03. The van der Waals surface area contributed by atoms with Crippen LogP contribution in [0.2, 0.25) is 0 Å². The van der Waals surface area contributed by atoms with Gasteiger partial charge in [-0.25, -0.2) is 9.78 Å². The number of esters is 2. The summed E-state index contributed by atoms with van der Waals surface area (Å²) in [7, 11) is 2.73. The molecule has 0 spiro atoms. The maximum Gasteiger partial charge on any atom is 0.331 e. The number of aromatic nitrogens is 2. The van der Waals surface area contributed by atoms with Crippen molar-refractivity contribution >= 4 is 30.3 Å². The number of hydrogen-bond acceptors (Lipinski definition) is 8. The van der Waals surface area contributed by atoms with Crippen molar-refractivity contribution in [3.05, 3.63) is 24.3 Å². The Labute approximate surface area is 189 Å². The summed E-state index contributed by atoms with van der Waals surface area (Å²) in [6, 6.07) is 0. The van der Waals surface area contributed by atoms with Gasteiger partial charge in [0.25, 0.3) is 5.91 Å². The molecule has 3 N–H and O–H groups in total. The van der Waals surface area contributed by atoms with Gasteiger partial charge in [0.1, 0.15) is 16.8 Å². The fourth-order valence-electron chi connectivity index (χ4n) is 4.02. The maximum absolute atomic E-state index is 12.1. The highest BCUT2D eigenvalue weighted by Gasteiger charge is 2.42. The van der Waals surface area contributed by atoms with Crippen molar-refractivity contribution in [1.82, 2.24) is 15.3 Å². The largest absolute Gasteiger partial charge is 0.468 e. The topological polar surface area (TPSA) is 134 Å². The highest BCUT2D eigenvalue weighted by atomic mass is 35.5. The second-order valence-corrected chi connectivity index (χ2v) is 7.89. The van der Waals surface area contributed by atoms with Crippen LogP contribution in [0.15, 0.2) is 18.6 Å². The molecule has 174 valence electrons. The Morgan fingerprint density at radius 2 is 1.45 bits per heavy atom. The number of halogens is 1. The summed E-state index contributed by atoms with van der Waals surface area (Å²) in [4.78, 5) is 43.0. The minimum absolute atomic E-state index is 0. The summed E-state index contributed by atoms with van der Waals surface area (Å²) in [6.07, 6.45) is 13.2. The molecular weight excluding hydrogens is 424 g/mol. The first kappa shape index (κ1) is 26.8. The van der Waals surface area contributed by atoms with Gasteiger partial charge in [-0.3, -0.25) is 14.6 Å². The molecule has 1 aromatic heterocycles. The Morgan fingerprint density at radius 3 is 1.94 bits per heavy atom. The fourth-order valence-corrected chi connectivity index (χ4v) is 4.02. The van der Waals surface area contributed by atoms with Crippen LogP contribution < -0.4 is 11.1 Å². The van der Waals surface area contributed by atoms with Gasteiger partial charge < -0.3 is 20.5 Å². The second-order valence-electron chi connectivity index (χ2n) is 7.89. The van der Waals surface area contributed by atoms with Crippen molar-refractivity contribution in [2.45, 2.75) is 75.3 Å². The molecule has 3 rings (SSSR count). The fraction of sp³-hybridized carbons (Fsp3) is 0.667. The van der Waals surface area contributed by atoms with E-state index in [2.05, 4.69) is 20.0 Å². The molecule has 0 atom stereocenters. The van der Waals surface area contributed by atoms with Gasteiger partial charge in [-0.15, -0.1) is 12.4 Å². The predicted octanol–water partition coefficient (Wildman–Crippen LogP) is 2.33. The zero-order valence-corrected chi connectivity index (χ0v) is 19.0. The van der Waals surface area contributed by atoms with Crippen molar-refractivity contribution in [1.29, 1.82) is 0 Å². The standard InChI is InChI=1S/C13H17N3O3.C8H15NO2.ClH/c1-19-12(18)13(5-3-2-4-6-13)16-11(17)10-9-14-7-8-15-10;1-11-7(10)8(9)5-3-2-4-6-8;/h7-9H,2-6H2,1H3,(H,16,17);2-6,9H2,1H3;1H. The van der Waals surface area contributed by atoms with Gasteiger partial charge in [0.15, 0.2) is 0 Å². The summed E-state index contributed by atoms with van der Waals surface area (Å²) >= 11 is 0. The predicted molar refractivity (Wildman–Crippen MR) is 117 cm³/mol. The number of nitrogens with two attached hydrogens (primary N) is 1. The number of nitrogens with zero attached hydrogens (tertiary/aromatic N) is 2. The quantitative estimate of drug-likeness (QED) is 0.659. The van der Waals surface area contributed by atoms with Crippen LogP contribution in [-0.2, 0) is 19.1 Å². The SMILES string of the molecule is COC(=O)C1(N)CCCCC1.COC(=O)C1(NC(=O)c2cnccn2)CCCCC1.Cl. The molecule has 0 aliphatic heterocycles. The van der Waals surface area contributed by atoms with Crippen molar-refractivity contribution in [2.75, 3.05) is 14.2 Å². The Bertz CT molecular complexity index is 720. The first-order chi connectivity index (χ1) is 14.4. The Balaban J connectivity index is 0.000000344. The van der Waals surface area contributed by atoms with Gasteiger partial charge in [-0.2, -0.15) is 0 Å². The number of methoxy groups -OCH3 is 2. The molecule has 2 aliphatic carbocycles. The molecule has 0 radical (unpaired) electrons. The zero-order valence-electron chi connectivity index (χ0n) is 18.2. The lowest BCUT2D eigenvalue weighted by Crippen LogP contribution is -2.56. The first-order valence-electron chi connectivity index (χ1n) is 10.4. The smallest absolute Gasteiger partial charge is 0.331 e. The van der Waals surface area contributed by atoms with E-state index >= 15 is 0 Å². The summed E-state index contributed by atoms with van der Waals surface area (Å²) in [5, 5.41) is 2.78. The van der Waals surface area contributed by atoms with Crippen molar-refractivity contribution in [3.8, 4) is 0 Å². The number of nitrogens with one attached hydrogen (secondary N) is 1. The van der Waals surface area contributed by atoms with E-state index in [1.165, 1.54) is 39.2 Å². The molecule has 9 nitrogen and oxygen atoms in total. The maximum atomic E-state index is 12.1. The van der Waals surface area contributed by atoms with Crippen LogP contribution in [0.25, 0.3) is 0 Å². The summed E-state index contributed by atoms with van der Waals surface area (Å²) in [6.45, 7) is 0. The lowest BCUT2D eigenvalue weighted by Gasteiger charge is -2.35. The van der Waals surface area contributed by atoms with E-state index in [-0.39, 0.29) is 35.9 Å². The highest BCUT2D eigenvalue weighted by molar-refractivity contribution is 5.96. The molecule has 2 fully saturated rings. The van der Waals surface area contributed by atoms with E-state index in [0.29, 0.717) is 12.8 Å². The summed E-state index contributed by atoms with van der Waals surface area (Å²) < 4.78 is 9.47. The van der Waals surface area contributed by atoms with Crippen molar-refractivity contribution in [2.24, 2.45) is 5.73 Å². The third-order valence-corrected chi connectivity index (χ3v) is 5.77. The van der Waals surface area contributed by atoms with Crippen LogP contribution in [-0.4, -0.2) is 53.1 Å². The molecule has 2 aliphatic rings. The van der Waals surface area contributed by atoms with E-state index in [1.807, 2.05) is 0 Å². The first-order valence-corrected chi connectivity index (χ1v) is 10.4. The molecule has 31 heavy (non-hydrogen) atoms. The lowest BCUT2D eigenvalue weighted by molar-refractivity contribution is -0.150. The molecule has 0 unspecified atom stereocenters. The van der Waals surface area contributed by atoms with Gasteiger partial charge in [0.2, 0.25) is 0 Å². The Kier molecular flexibility index (Phi) is 10.8. The van der Waals surface area contributed by atoms with Crippen LogP contribution in [0.1, 0.15) is 74.7 Å². The van der Waals surface area contributed by atoms with Crippen LogP contribution in [0, 0.1) is 0 Å². The number of carbonyl (C=O) groups is 3. The van der Waals surface area contributed by atoms with Gasteiger partial charge in [-0.05, 0) is 25.7 Å². The molecule has 0 saturated heterocycles. The third-order valence-electron chi connectivity index (χ3n) is 5.77. The molecule has 2 saturated carbocycles. The molecule has 1 aromatic rings.